The molecule has 0 bridgehead atoms. The molecule has 1 unspecified atom stereocenters. The molecule has 0 radical (unpaired) electrons. The quantitative estimate of drug-likeness (QED) is 0.598. The molecule has 1 N–H and O–H groups in total. The zero-order valence-electron chi connectivity index (χ0n) is 7.00. The summed E-state index contributed by atoms with van der Waals surface area (Å²) < 4.78 is 9.59. The molecule has 0 aliphatic rings. The summed E-state index contributed by atoms with van der Waals surface area (Å²) in [6, 6.07) is 1.85. The van der Waals surface area contributed by atoms with E-state index in [-0.39, 0.29) is 6.42 Å². The van der Waals surface area contributed by atoms with Crippen molar-refractivity contribution >= 4 is 0 Å². The van der Waals surface area contributed by atoms with Crippen LogP contribution < -0.4 is 0 Å². The van der Waals surface area contributed by atoms with Crippen molar-refractivity contribution in [1.82, 2.24) is 0 Å². The van der Waals surface area contributed by atoms with Crippen molar-refractivity contribution in [2.75, 3.05) is 14.2 Å². The Labute approximate surface area is 66.3 Å². The SMILES string of the molecule is COC(OC)C(C)(O)CC#N. The maximum atomic E-state index is 9.50. The zero-order chi connectivity index (χ0) is 8.91. The van der Waals surface area contributed by atoms with E-state index in [1.54, 1.807) is 0 Å². The van der Waals surface area contributed by atoms with Crippen LogP contribution >= 0.6 is 0 Å². The summed E-state index contributed by atoms with van der Waals surface area (Å²) in [7, 11) is 2.83. The molecule has 11 heavy (non-hydrogen) atoms. The van der Waals surface area contributed by atoms with Crippen LogP contribution in [0.15, 0.2) is 0 Å². The first-order valence-electron chi connectivity index (χ1n) is 3.23. The molecule has 4 nitrogen and oxygen atoms in total. The van der Waals surface area contributed by atoms with Gasteiger partial charge in [-0.1, -0.05) is 0 Å². The van der Waals surface area contributed by atoms with E-state index in [1.165, 1.54) is 21.1 Å². The molecule has 0 rings (SSSR count). The molecule has 0 heterocycles. The summed E-state index contributed by atoms with van der Waals surface area (Å²) in [6.45, 7) is 1.49. The maximum absolute atomic E-state index is 9.50. The van der Waals surface area contributed by atoms with Crippen LogP contribution in [0.4, 0.5) is 0 Å². The van der Waals surface area contributed by atoms with Crippen LogP contribution in [0.2, 0.25) is 0 Å². The van der Waals surface area contributed by atoms with Gasteiger partial charge in [0.25, 0.3) is 0 Å². The van der Waals surface area contributed by atoms with Crippen LogP contribution in [0.3, 0.4) is 0 Å². The van der Waals surface area contributed by atoms with Crippen LogP contribution in [-0.4, -0.2) is 31.2 Å². The first-order valence-corrected chi connectivity index (χ1v) is 3.23. The maximum Gasteiger partial charge on any atom is 0.186 e. The predicted octanol–water partition coefficient (Wildman–Crippen LogP) is 0.270. The normalized spacial score (nSPS) is 16.0. The van der Waals surface area contributed by atoms with Gasteiger partial charge in [0.1, 0.15) is 5.60 Å². The van der Waals surface area contributed by atoms with Crippen molar-refractivity contribution in [3.05, 3.63) is 0 Å². The number of nitrogens with zero attached hydrogens (tertiary/aromatic N) is 1. The highest BCUT2D eigenvalue weighted by Crippen LogP contribution is 2.16. The van der Waals surface area contributed by atoms with Crippen molar-refractivity contribution in [2.45, 2.75) is 25.2 Å². The molecule has 0 aromatic rings. The van der Waals surface area contributed by atoms with Crippen LogP contribution in [-0.2, 0) is 9.47 Å². The minimum atomic E-state index is -1.24. The van der Waals surface area contributed by atoms with Gasteiger partial charge in [0.15, 0.2) is 6.29 Å². The number of rotatable bonds is 4. The summed E-state index contributed by atoms with van der Waals surface area (Å²) in [6.07, 6.45) is -0.763. The van der Waals surface area contributed by atoms with E-state index < -0.39 is 11.9 Å². The lowest BCUT2D eigenvalue weighted by molar-refractivity contribution is -0.206. The Morgan fingerprint density at radius 1 is 1.55 bits per heavy atom. The van der Waals surface area contributed by atoms with Gasteiger partial charge in [-0.25, -0.2) is 0 Å². The molecule has 64 valence electrons. The minimum Gasteiger partial charge on any atom is -0.384 e. The van der Waals surface area contributed by atoms with E-state index in [4.69, 9.17) is 14.7 Å². The van der Waals surface area contributed by atoms with E-state index in [0.29, 0.717) is 0 Å². The van der Waals surface area contributed by atoms with Crippen LogP contribution in [0, 0.1) is 11.3 Å². The fourth-order valence-electron chi connectivity index (χ4n) is 0.847. The molecule has 0 saturated carbocycles. The number of ether oxygens (including phenoxy) is 2. The third kappa shape index (κ3) is 2.85. The fourth-order valence-corrected chi connectivity index (χ4v) is 0.847. The van der Waals surface area contributed by atoms with Gasteiger partial charge in [0, 0.05) is 14.2 Å². The Morgan fingerprint density at radius 2 is 2.00 bits per heavy atom. The van der Waals surface area contributed by atoms with E-state index in [0.717, 1.165) is 0 Å². The molecule has 0 saturated heterocycles. The Morgan fingerprint density at radius 3 is 2.27 bits per heavy atom. The van der Waals surface area contributed by atoms with E-state index in [9.17, 15) is 5.11 Å². The second-order valence-electron chi connectivity index (χ2n) is 2.50. The molecule has 0 amide bonds. The van der Waals surface area contributed by atoms with E-state index in [1.807, 2.05) is 6.07 Å². The Kier molecular flexibility index (Phi) is 4.04. The molecule has 0 aromatic carbocycles. The lowest BCUT2D eigenvalue weighted by Gasteiger charge is -2.27. The molecule has 0 aliphatic heterocycles. The van der Waals surface area contributed by atoms with Gasteiger partial charge in [-0.05, 0) is 6.92 Å². The second-order valence-corrected chi connectivity index (χ2v) is 2.50. The number of hydrogen-bond donors (Lipinski definition) is 1. The number of hydrogen-bond acceptors (Lipinski definition) is 4. The first kappa shape index (κ1) is 10.4. The van der Waals surface area contributed by atoms with Crippen LogP contribution in [0.5, 0.6) is 0 Å². The van der Waals surface area contributed by atoms with Crippen molar-refractivity contribution in [3.8, 4) is 6.07 Å². The molecule has 0 spiro atoms. The zero-order valence-corrected chi connectivity index (χ0v) is 7.00. The van der Waals surface area contributed by atoms with E-state index in [2.05, 4.69) is 0 Å². The highest BCUT2D eigenvalue weighted by molar-refractivity contribution is 4.87. The smallest absolute Gasteiger partial charge is 0.186 e. The predicted molar refractivity (Wildman–Crippen MR) is 38.7 cm³/mol. The van der Waals surface area contributed by atoms with Gasteiger partial charge in [-0.15, -0.1) is 0 Å². The lowest BCUT2D eigenvalue weighted by atomic mass is 10.0. The number of methoxy groups -OCH3 is 2. The topological polar surface area (TPSA) is 62.5 Å². The Balaban J connectivity index is 4.14. The third-order valence-corrected chi connectivity index (χ3v) is 1.37. The number of nitriles is 1. The average Bonchev–Trinajstić information content (AvgIpc) is 1.89. The fraction of sp³-hybridized carbons (Fsp3) is 0.857. The minimum absolute atomic E-state index is 0.0145. The summed E-state index contributed by atoms with van der Waals surface area (Å²) in [5.41, 5.74) is -1.24. The van der Waals surface area contributed by atoms with Gasteiger partial charge < -0.3 is 14.6 Å². The van der Waals surface area contributed by atoms with Gasteiger partial charge in [0.05, 0.1) is 12.5 Å². The molecule has 4 heteroatoms. The summed E-state index contributed by atoms with van der Waals surface area (Å²) >= 11 is 0. The van der Waals surface area contributed by atoms with Gasteiger partial charge in [0.2, 0.25) is 0 Å². The molecule has 0 fully saturated rings. The van der Waals surface area contributed by atoms with Crippen LogP contribution in [0.1, 0.15) is 13.3 Å². The van der Waals surface area contributed by atoms with Crippen molar-refractivity contribution in [2.24, 2.45) is 0 Å². The van der Waals surface area contributed by atoms with Gasteiger partial charge >= 0.3 is 0 Å². The summed E-state index contributed by atoms with van der Waals surface area (Å²) in [5, 5.41) is 17.8. The highest BCUT2D eigenvalue weighted by Gasteiger charge is 2.31. The summed E-state index contributed by atoms with van der Waals surface area (Å²) in [5.74, 6) is 0. The first-order chi connectivity index (χ1) is 5.08. The monoisotopic (exact) mass is 159 g/mol. The number of aliphatic hydroxyl groups is 1. The molecular formula is C7H13NO3. The van der Waals surface area contributed by atoms with E-state index >= 15 is 0 Å². The average molecular weight is 159 g/mol. The summed E-state index contributed by atoms with van der Waals surface area (Å²) in [4.78, 5) is 0. The van der Waals surface area contributed by atoms with Crippen molar-refractivity contribution < 1.29 is 14.6 Å². The molecular weight excluding hydrogens is 146 g/mol. The Bertz CT molecular complexity index is 146. The molecule has 1 atom stereocenters. The Hall–Kier alpha value is -0.630. The molecule has 0 aromatic heterocycles. The second kappa shape index (κ2) is 4.29. The van der Waals surface area contributed by atoms with Gasteiger partial charge in [-0.3, -0.25) is 0 Å². The van der Waals surface area contributed by atoms with Crippen molar-refractivity contribution in [3.63, 3.8) is 0 Å². The third-order valence-electron chi connectivity index (χ3n) is 1.37. The standard InChI is InChI=1S/C7H13NO3/c1-7(9,4-5-8)6(10-2)11-3/h6,9H,4H2,1-3H3. The lowest BCUT2D eigenvalue weighted by Crippen LogP contribution is -2.41. The van der Waals surface area contributed by atoms with Crippen LogP contribution in [0.25, 0.3) is 0 Å². The largest absolute Gasteiger partial charge is 0.384 e. The van der Waals surface area contributed by atoms with Gasteiger partial charge in [-0.2, -0.15) is 5.26 Å². The molecule has 0 aliphatic carbocycles. The highest BCUT2D eigenvalue weighted by atomic mass is 16.7. The van der Waals surface area contributed by atoms with Crippen molar-refractivity contribution in [1.29, 1.82) is 5.26 Å².